The van der Waals surface area contributed by atoms with Gasteiger partial charge in [0.25, 0.3) is 0 Å². The van der Waals surface area contributed by atoms with Crippen LogP contribution in [0.1, 0.15) is 47.1 Å². The van der Waals surface area contributed by atoms with Crippen LogP contribution in [0.25, 0.3) is 6.08 Å². The molecular formula is C35H35F3N2O3. The van der Waals surface area contributed by atoms with Crippen molar-refractivity contribution in [3.05, 3.63) is 107 Å². The molecule has 4 aliphatic rings. The summed E-state index contributed by atoms with van der Waals surface area (Å²) < 4.78 is 45.5. The monoisotopic (exact) mass is 588 g/mol. The molecule has 1 saturated heterocycles. The van der Waals surface area contributed by atoms with Crippen LogP contribution in [0, 0.1) is 0 Å². The Morgan fingerprint density at radius 1 is 1.07 bits per heavy atom. The maximum Gasteiger partial charge on any atom is 0.416 e. The number of rotatable bonds is 6. The Labute approximate surface area is 249 Å². The van der Waals surface area contributed by atoms with E-state index in [1.165, 1.54) is 29.3 Å². The van der Waals surface area contributed by atoms with Gasteiger partial charge in [-0.1, -0.05) is 54.6 Å². The van der Waals surface area contributed by atoms with E-state index in [0.29, 0.717) is 18.4 Å². The molecule has 0 radical (unpaired) electrons. The Morgan fingerprint density at radius 2 is 1.84 bits per heavy atom. The highest BCUT2D eigenvalue weighted by atomic mass is 19.4. The largest absolute Gasteiger partial charge is 0.487 e. The molecule has 43 heavy (non-hydrogen) atoms. The predicted molar refractivity (Wildman–Crippen MR) is 158 cm³/mol. The molecule has 2 aliphatic carbocycles. The molecule has 2 fully saturated rings. The number of hydrogen-bond acceptors (Lipinski definition) is 4. The number of hydrogen-bond donors (Lipinski definition) is 1. The fourth-order valence-corrected chi connectivity index (χ4v) is 8.39. The molecular weight excluding hydrogens is 553 g/mol. The molecule has 3 aromatic rings. The first-order valence-corrected chi connectivity index (χ1v) is 15.0. The Hall–Kier alpha value is -3.62. The van der Waals surface area contributed by atoms with Gasteiger partial charge in [0.2, 0.25) is 5.91 Å². The second-order valence-electron chi connectivity index (χ2n) is 12.5. The maximum atomic E-state index is 13.4. The number of likely N-dealkylation sites (tertiary alicyclic amines) is 1. The van der Waals surface area contributed by atoms with Crippen molar-refractivity contribution in [1.82, 2.24) is 9.80 Å². The van der Waals surface area contributed by atoms with Gasteiger partial charge in [-0.05, 0) is 79.6 Å². The van der Waals surface area contributed by atoms with E-state index in [-0.39, 0.29) is 18.0 Å². The molecule has 2 unspecified atom stereocenters. The van der Waals surface area contributed by atoms with E-state index >= 15 is 0 Å². The third-order valence-corrected chi connectivity index (χ3v) is 10.5. The zero-order valence-electron chi connectivity index (χ0n) is 24.1. The van der Waals surface area contributed by atoms with Crippen molar-refractivity contribution in [2.75, 3.05) is 20.1 Å². The molecule has 0 aromatic heterocycles. The van der Waals surface area contributed by atoms with Crippen molar-refractivity contribution >= 4 is 12.0 Å². The standard InChI is InChI=1S/C35H35F3N2O3/c1-39(30(41)15-12-24-10-13-26(14-11-24)35(36,37)38)27-16-18-34(42)29-22-25-8-5-9-28-31(25)33(34,32(27)43-28)19-21-40(29)20-17-23-6-3-2-4-7-23/h2-15,27,29,32,42H,16-22H2,1H3/b15-12+/t27?,29-,32?,33+,34-/m1/s1. The van der Waals surface area contributed by atoms with E-state index in [2.05, 4.69) is 35.2 Å². The number of aliphatic hydroxyl groups is 1. The first-order valence-electron chi connectivity index (χ1n) is 15.0. The van der Waals surface area contributed by atoms with Gasteiger partial charge in [0.1, 0.15) is 11.9 Å². The van der Waals surface area contributed by atoms with Crippen molar-refractivity contribution in [3.63, 3.8) is 0 Å². The van der Waals surface area contributed by atoms with Gasteiger partial charge < -0.3 is 14.7 Å². The number of piperidine rings is 1. The molecule has 8 heteroatoms. The number of halogens is 3. The Morgan fingerprint density at radius 3 is 2.58 bits per heavy atom. The SMILES string of the molecule is CN(C(=O)/C=C/c1ccc(C(F)(F)F)cc1)C1CC[C@@]2(O)[C@H]3Cc4cccc5c4[C@@]2(CCN3CCc2ccccc2)C1O5. The van der Waals surface area contributed by atoms with E-state index in [0.717, 1.165) is 55.8 Å². The molecule has 1 saturated carbocycles. The summed E-state index contributed by atoms with van der Waals surface area (Å²) in [6, 6.07) is 21.0. The Kier molecular flexibility index (Phi) is 6.71. The number of nitrogens with zero attached hydrogens (tertiary/aromatic N) is 2. The lowest BCUT2D eigenvalue weighted by atomic mass is 9.48. The summed E-state index contributed by atoms with van der Waals surface area (Å²) in [5, 5.41) is 12.7. The lowest BCUT2D eigenvalue weighted by molar-refractivity contribution is -0.199. The van der Waals surface area contributed by atoms with Gasteiger partial charge in [-0.2, -0.15) is 13.2 Å². The lowest BCUT2D eigenvalue weighted by Crippen LogP contribution is -2.78. The van der Waals surface area contributed by atoms with Crippen molar-refractivity contribution in [1.29, 1.82) is 0 Å². The second-order valence-corrected chi connectivity index (χ2v) is 12.5. The third-order valence-electron chi connectivity index (χ3n) is 10.5. The van der Waals surface area contributed by atoms with Crippen LogP contribution in [0.4, 0.5) is 13.2 Å². The smallest absolute Gasteiger partial charge is 0.416 e. The molecule has 1 amide bonds. The summed E-state index contributed by atoms with van der Waals surface area (Å²) in [4.78, 5) is 17.6. The van der Waals surface area contributed by atoms with Crippen LogP contribution in [0.15, 0.2) is 78.9 Å². The average Bonchev–Trinajstić information content (AvgIpc) is 3.34. The second kappa shape index (κ2) is 10.2. The molecule has 224 valence electrons. The van der Waals surface area contributed by atoms with E-state index in [9.17, 15) is 23.1 Å². The van der Waals surface area contributed by atoms with Gasteiger partial charge in [-0.3, -0.25) is 9.69 Å². The van der Waals surface area contributed by atoms with Crippen LogP contribution >= 0.6 is 0 Å². The Balaban J connectivity index is 1.15. The first kappa shape index (κ1) is 28.2. The van der Waals surface area contributed by atoms with Crippen molar-refractivity contribution in [2.45, 2.75) is 67.5 Å². The van der Waals surface area contributed by atoms with Crippen LogP contribution in [-0.4, -0.2) is 64.7 Å². The van der Waals surface area contributed by atoms with Crippen LogP contribution in [0.2, 0.25) is 0 Å². The predicted octanol–water partition coefficient (Wildman–Crippen LogP) is 5.64. The van der Waals surface area contributed by atoms with Gasteiger partial charge in [-0.15, -0.1) is 0 Å². The van der Waals surface area contributed by atoms with Crippen LogP contribution in [0.5, 0.6) is 5.75 Å². The maximum absolute atomic E-state index is 13.4. The number of ether oxygens (including phenoxy) is 1. The minimum absolute atomic E-state index is 0.0431. The van der Waals surface area contributed by atoms with E-state index < -0.39 is 28.9 Å². The van der Waals surface area contributed by atoms with E-state index in [1.54, 1.807) is 18.0 Å². The third kappa shape index (κ3) is 4.41. The minimum atomic E-state index is -4.41. The number of benzene rings is 3. The summed E-state index contributed by atoms with van der Waals surface area (Å²) in [5.41, 5.74) is 1.81. The molecule has 5 atom stereocenters. The summed E-state index contributed by atoms with van der Waals surface area (Å²) in [6.07, 6.45) is 1.71. The minimum Gasteiger partial charge on any atom is -0.487 e. The summed E-state index contributed by atoms with van der Waals surface area (Å²) in [5.74, 6) is 0.560. The van der Waals surface area contributed by atoms with Crippen molar-refractivity contribution < 1.29 is 27.8 Å². The van der Waals surface area contributed by atoms with Gasteiger partial charge in [-0.25, -0.2) is 0 Å². The highest BCUT2D eigenvalue weighted by molar-refractivity contribution is 5.92. The number of likely N-dealkylation sites (N-methyl/N-ethyl adjacent to an activating group) is 1. The molecule has 2 bridgehead atoms. The highest BCUT2D eigenvalue weighted by Crippen LogP contribution is 2.64. The molecule has 3 aromatic carbocycles. The van der Waals surface area contributed by atoms with Crippen LogP contribution in [0.3, 0.4) is 0 Å². The summed E-state index contributed by atoms with van der Waals surface area (Å²) >= 11 is 0. The van der Waals surface area contributed by atoms with E-state index in [4.69, 9.17) is 4.74 Å². The first-order chi connectivity index (χ1) is 20.6. The molecule has 1 spiro atoms. The zero-order valence-corrected chi connectivity index (χ0v) is 24.1. The normalized spacial score (nSPS) is 29.3. The van der Waals surface area contributed by atoms with Gasteiger partial charge in [0.15, 0.2) is 0 Å². The molecule has 1 N–H and O–H groups in total. The van der Waals surface area contributed by atoms with Gasteiger partial charge in [0, 0.05) is 31.3 Å². The molecule has 7 rings (SSSR count). The molecule has 5 nitrogen and oxygen atoms in total. The highest BCUT2D eigenvalue weighted by Gasteiger charge is 2.72. The summed E-state index contributed by atoms with van der Waals surface area (Å²) in [7, 11) is 1.76. The number of alkyl halides is 3. The topological polar surface area (TPSA) is 53.0 Å². The van der Waals surface area contributed by atoms with E-state index in [1.807, 2.05) is 18.2 Å². The lowest BCUT2D eigenvalue weighted by Gasteiger charge is -2.64. The molecule has 2 aliphatic heterocycles. The van der Waals surface area contributed by atoms with Crippen LogP contribution < -0.4 is 4.74 Å². The average molecular weight is 589 g/mol. The fourth-order valence-electron chi connectivity index (χ4n) is 8.39. The quantitative estimate of drug-likeness (QED) is 0.379. The Bertz CT molecular complexity index is 1560. The number of amides is 1. The van der Waals surface area contributed by atoms with Crippen molar-refractivity contribution in [2.24, 2.45) is 0 Å². The fraction of sp³-hybridized carbons (Fsp3) is 0.400. The van der Waals surface area contributed by atoms with Gasteiger partial charge in [0.05, 0.1) is 22.6 Å². The van der Waals surface area contributed by atoms with Gasteiger partial charge >= 0.3 is 6.18 Å². The summed E-state index contributed by atoms with van der Waals surface area (Å²) in [6.45, 7) is 1.70. The zero-order chi connectivity index (χ0) is 30.0. The van der Waals surface area contributed by atoms with Crippen molar-refractivity contribution in [3.8, 4) is 5.75 Å². The number of carbonyl (C=O) groups is 1. The number of carbonyl (C=O) groups excluding carboxylic acids is 1. The van der Waals surface area contributed by atoms with Crippen LogP contribution in [-0.2, 0) is 29.2 Å². The molecule has 2 heterocycles.